The lowest BCUT2D eigenvalue weighted by molar-refractivity contribution is 0.0927. The lowest BCUT2D eigenvalue weighted by Crippen LogP contribution is -2.29. The monoisotopic (exact) mass is 445 g/mol. The Morgan fingerprint density at radius 1 is 1.00 bits per heavy atom. The Kier molecular flexibility index (Phi) is 6.96. The number of rotatable bonds is 7. The number of aliphatic hydroxyl groups excluding tert-OH is 1. The third kappa shape index (κ3) is 5.44. The molecule has 31 heavy (non-hydrogen) atoms. The third-order valence-electron chi connectivity index (χ3n) is 4.06. The quantitative estimate of drug-likeness (QED) is 0.380. The molecule has 0 radical (unpaired) electrons. The smallest absolute Gasteiger partial charge is 0.276 e. The largest absolute Gasteiger partial charge is 0.395 e. The Hall–Kier alpha value is -3.76. The molecule has 0 unspecified atom stereocenters. The number of aromatic amines is 1. The molecule has 5 N–H and O–H groups in total. The summed E-state index contributed by atoms with van der Waals surface area (Å²) in [6.45, 7) is -0.202. The molecule has 0 fully saturated rings. The molecule has 0 saturated heterocycles. The fraction of sp³-hybridized carbons (Fsp3) is 0.100. The molecule has 9 nitrogen and oxygen atoms in total. The zero-order valence-corrected chi connectivity index (χ0v) is 16.7. The van der Waals surface area contributed by atoms with Crippen molar-refractivity contribution in [3.63, 3.8) is 0 Å². The molecule has 0 bridgehead atoms. The van der Waals surface area contributed by atoms with Crippen molar-refractivity contribution >= 4 is 40.7 Å². The van der Waals surface area contributed by atoms with E-state index in [1.807, 2.05) is 0 Å². The summed E-state index contributed by atoms with van der Waals surface area (Å²) in [6.07, 6.45) is 1.21. The Bertz CT molecular complexity index is 1120. The second kappa shape index (κ2) is 9.83. The van der Waals surface area contributed by atoms with Crippen LogP contribution in [-0.4, -0.2) is 45.9 Å². The number of hydrogen-bond acceptors (Lipinski definition) is 5. The predicted molar refractivity (Wildman–Crippen MR) is 112 cm³/mol. The topological polar surface area (TPSA) is 136 Å². The average molecular weight is 446 g/mol. The number of amides is 3. The second-order valence-electron chi connectivity index (χ2n) is 6.22. The van der Waals surface area contributed by atoms with Crippen molar-refractivity contribution in [2.45, 2.75) is 0 Å². The lowest BCUT2D eigenvalue weighted by Gasteiger charge is -2.09. The van der Waals surface area contributed by atoms with Crippen LogP contribution in [0.2, 0.25) is 5.02 Å². The molecule has 1 heterocycles. The first-order chi connectivity index (χ1) is 14.9. The van der Waals surface area contributed by atoms with Crippen molar-refractivity contribution in [3.8, 4) is 0 Å². The van der Waals surface area contributed by atoms with Gasteiger partial charge in [-0.1, -0.05) is 11.6 Å². The van der Waals surface area contributed by atoms with Crippen LogP contribution in [0.5, 0.6) is 0 Å². The zero-order chi connectivity index (χ0) is 22.4. The van der Waals surface area contributed by atoms with Crippen LogP contribution >= 0.6 is 11.6 Å². The minimum absolute atomic E-state index is 0.0146. The fourth-order valence-electron chi connectivity index (χ4n) is 2.60. The second-order valence-corrected chi connectivity index (χ2v) is 6.62. The highest BCUT2D eigenvalue weighted by molar-refractivity contribution is 6.34. The molecule has 0 aliphatic carbocycles. The van der Waals surface area contributed by atoms with Crippen molar-refractivity contribution in [2.24, 2.45) is 0 Å². The summed E-state index contributed by atoms with van der Waals surface area (Å²) in [5.41, 5.74) is 0.788. The summed E-state index contributed by atoms with van der Waals surface area (Å²) in [6, 6.07) is 9.62. The van der Waals surface area contributed by atoms with Crippen LogP contribution in [0.1, 0.15) is 31.3 Å². The Morgan fingerprint density at radius 3 is 2.26 bits per heavy atom. The van der Waals surface area contributed by atoms with Gasteiger partial charge in [0.25, 0.3) is 17.7 Å². The lowest BCUT2D eigenvalue weighted by atomic mass is 10.2. The summed E-state index contributed by atoms with van der Waals surface area (Å²) in [4.78, 5) is 43.2. The van der Waals surface area contributed by atoms with Gasteiger partial charge >= 0.3 is 0 Å². The number of anilines is 2. The molecule has 0 atom stereocenters. The highest BCUT2D eigenvalue weighted by atomic mass is 35.5. The number of aliphatic hydroxyl groups is 1. The summed E-state index contributed by atoms with van der Waals surface area (Å²) in [7, 11) is 0. The van der Waals surface area contributed by atoms with Crippen LogP contribution in [0, 0.1) is 5.82 Å². The van der Waals surface area contributed by atoms with Crippen LogP contribution in [0.4, 0.5) is 15.8 Å². The van der Waals surface area contributed by atoms with E-state index in [0.29, 0.717) is 11.4 Å². The van der Waals surface area contributed by atoms with Gasteiger partial charge in [0, 0.05) is 17.9 Å². The van der Waals surface area contributed by atoms with E-state index in [-0.39, 0.29) is 35.1 Å². The van der Waals surface area contributed by atoms with Crippen LogP contribution in [-0.2, 0) is 0 Å². The number of H-pyrrole nitrogens is 1. The van der Waals surface area contributed by atoms with E-state index in [9.17, 15) is 18.8 Å². The molecule has 160 valence electrons. The average Bonchev–Trinajstić information content (AvgIpc) is 3.23. The van der Waals surface area contributed by atoms with Gasteiger partial charge in [0.15, 0.2) is 5.69 Å². The highest BCUT2D eigenvalue weighted by Gasteiger charge is 2.20. The maximum absolute atomic E-state index is 13.1. The van der Waals surface area contributed by atoms with E-state index in [1.54, 1.807) is 12.1 Å². The SMILES string of the molecule is O=C(Nc1ccc(NC(=O)c2nc[nH]c2C(=O)NCCO)cc1)c1ccc(F)cc1Cl. The molecule has 0 aliphatic heterocycles. The molecule has 11 heteroatoms. The maximum Gasteiger partial charge on any atom is 0.276 e. The van der Waals surface area contributed by atoms with Gasteiger partial charge in [-0.25, -0.2) is 9.37 Å². The summed E-state index contributed by atoms with van der Waals surface area (Å²) < 4.78 is 13.1. The molecule has 3 amide bonds. The number of halogens is 2. The molecule has 3 rings (SSSR count). The number of carbonyl (C=O) groups is 3. The predicted octanol–water partition coefficient (Wildman–Crippen LogP) is 2.43. The number of nitrogens with zero attached hydrogens (tertiary/aromatic N) is 1. The first-order valence-corrected chi connectivity index (χ1v) is 9.37. The molecule has 0 aliphatic rings. The van der Waals surface area contributed by atoms with Gasteiger partial charge in [-0.05, 0) is 42.5 Å². The van der Waals surface area contributed by atoms with Crippen LogP contribution in [0.3, 0.4) is 0 Å². The standard InChI is InChI=1S/C20H17ClFN5O4/c21-15-9-11(22)1-6-14(15)18(29)26-12-2-4-13(5-3-12)27-20(31)17-16(24-10-25-17)19(30)23-7-8-28/h1-6,9-10,28H,7-8H2,(H,23,30)(H,24,25)(H,26,29)(H,27,31). The number of aromatic nitrogens is 2. The first-order valence-electron chi connectivity index (χ1n) is 8.99. The Balaban J connectivity index is 1.65. The maximum atomic E-state index is 13.1. The van der Waals surface area contributed by atoms with Gasteiger partial charge in [-0.2, -0.15) is 0 Å². The van der Waals surface area contributed by atoms with E-state index >= 15 is 0 Å². The van der Waals surface area contributed by atoms with Crippen molar-refractivity contribution in [1.29, 1.82) is 0 Å². The molecule has 1 aromatic heterocycles. The number of carbonyl (C=O) groups excluding carboxylic acids is 3. The van der Waals surface area contributed by atoms with E-state index < -0.39 is 23.5 Å². The number of hydrogen-bond donors (Lipinski definition) is 5. The Labute approximate surface area is 180 Å². The molecule has 3 aromatic rings. The third-order valence-corrected chi connectivity index (χ3v) is 4.37. The summed E-state index contributed by atoms with van der Waals surface area (Å²) >= 11 is 5.89. The van der Waals surface area contributed by atoms with Crippen molar-refractivity contribution in [2.75, 3.05) is 23.8 Å². The number of imidazole rings is 1. The zero-order valence-electron chi connectivity index (χ0n) is 15.9. The molecule has 0 spiro atoms. The van der Waals surface area contributed by atoms with Gasteiger partial charge in [0.05, 0.1) is 23.5 Å². The normalized spacial score (nSPS) is 10.4. The first kappa shape index (κ1) is 21.9. The minimum atomic E-state index is -0.620. The van der Waals surface area contributed by atoms with Gasteiger partial charge in [0.2, 0.25) is 0 Å². The van der Waals surface area contributed by atoms with Gasteiger partial charge in [-0.15, -0.1) is 0 Å². The van der Waals surface area contributed by atoms with Crippen molar-refractivity contribution < 1.29 is 23.9 Å². The van der Waals surface area contributed by atoms with Crippen LogP contribution in [0.25, 0.3) is 0 Å². The molecule has 0 saturated carbocycles. The van der Waals surface area contributed by atoms with Gasteiger partial charge < -0.3 is 26.0 Å². The van der Waals surface area contributed by atoms with E-state index in [2.05, 4.69) is 25.9 Å². The van der Waals surface area contributed by atoms with Crippen molar-refractivity contribution in [1.82, 2.24) is 15.3 Å². The molecular weight excluding hydrogens is 429 g/mol. The highest BCUT2D eigenvalue weighted by Crippen LogP contribution is 2.20. The van der Waals surface area contributed by atoms with E-state index in [4.69, 9.17) is 16.7 Å². The Morgan fingerprint density at radius 2 is 1.65 bits per heavy atom. The van der Waals surface area contributed by atoms with Crippen molar-refractivity contribution in [3.05, 3.63) is 76.6 Å². The van der Waals surface area contributed by atoms with E-state index in [0.717, 1.165) is 12.1 Å². The van der Waals surface area contributed by atoms with Gasteiger partial charge in [-0.3, -0.25) is 14.4 Å². The molecular formula is C20H17ClFN5O4. The van der Waals surface area contributed by atoms with Gasteiger partial charge in [0.1, 0.15) is 11.5 Å². The summed E-state index contributed by atoms with van der Waals surface area (Å²) in [5, 5.41) is 16.4. The number of benzene rings is 2. The fourth-order valence-corrected chi connectivity index (χ4v) is 2.85. The van der Waals surface area contributed by atoms with Crippen LogP contribution in [0.15, 0.2) is 48.8 Å². The van der Waals surface area contributed by atoms with Crippen LogP contribution < -0.4 is 16.0 Å². The molecule has 2 aromatic carbocycles. The summed E-state index contributed by atoms with van der Waals surface area (Å²) in [5.74, 6) is -2.26. The number of nitrogens with one attached hydrogen (secondary N) is 4. The van der Waals surface area contributed by atoms with E-state index in [1.165, 1.54) is 24.5 Å². The minimum Gasteiger partial charge on any atom is -0.395 e.